The minimum atomic E-state index is 0.586. The number of ether oxygens (including phenoxy) is 1. The average Bonchev–Trinajstić information content (AvgIpc) is 2.74. The van der Waals surface area contributed by atoms with Crippen LogP contribution in [0.2, 0.25) is 0 Å². The molecule has 0 aromatic carbocycles. The van der Waals surface area contributed by atoms with E-state index in [2.05, 4.69) is 21.8 Å². The van der Waals surface area contributed by atoms with Crippen molar-refractivity contribution >= 4 is 5.95 Å². The molecule has 0 saturated heterocycles. The second-order valence-corrected chi connectivity index (χ2v) is 5.05. The number of methoxy groups -OCH3 is 1. The smallest absolute Gasteiger partial charge is 0.203 e. The molecular formula is C13H23N3O. The minimum Gasteiger partial charge on any atom is -0.383 e. The Morgan fingerprint density at radius 3 is 3.18 bits per heavy atom. The Labute approximate surface area is 103 Å². The van der Waals surface area contributed by atoms with E-state index < -0.39 is 0 Å². The van der Waals surface area contributed by atoms with Gasteiger partial charge in [0.05, 0.1) is 6.61 Å². The lowest BCUT2D eigenvalue weighted by molar-refractivity contribution is 0.187. The van der Waals surface area contributed by atoms with Crippen molar-refractivity contribution in [1.29, 1.82) is 0 Å². The van der Waals surface area contributed by atoms with Crippen molar-refractivity contribution in [2.24, 2.45) is 5.92 Å². The monoisotopic (exact) mass is 237 g/mol. The molecule has 17 heavy (non-hydrogen) atoms. The van der Waals surface area contributed by atoms with Crippen molar-refractivity contribution in [3.05, 3.63) is 12.4 Å². The Balaban J connectivity index is 1.91. The molecular weight excluding hydrogens is 214 g/mol. The SMILES string of the molecule is COCCn1ccnc1NC1CCCC(C)C1. The quantitative estimate of drug-likeness (QED) is 0.855. The summed E-state index contributed by atoms with van der Waals surface area (Å²) in [6, 6.07) is 0.586. The van der Waals surface area contributed by atoms with Gasteiger partial charge in [0.1, 0.15) is 0 Å². The van der Waals surface area contributed by atoms with Crippen LogP contribution in [-0.2, 0) is 11.3 Å². The fraction of sp³-hybridized carbons (Fsp3) is 0.769. The van der Waals surface area contributed by atoms with Gasteiger partial charge in [-0.1, -0.05) is 19.8 Å². The molecule has 1 aliphatic rings. The Hall–Kier alpha value is -1.03. The molecule has 0 amide bonds. The van der Waals surface area contributed by atoms with Gasteiger partial charge in [0.15, 0.2) is 0 Å². The van der Waals surface area contributed by atoms with E-state index in [0.717, 1.165) is 25.0 Å². The van der Waals surface area contributed by atoms with Crippen LogP contribution < -0.4 is 5.32 Å². The third-order valence-electron chi connectivity index (χ3n) is 3.52. The van der Waals surface area contributed by atoms with Crippen LogP contribution in [-0.4, -0.2) is 29.3 Å². The Morgan fingerprint density at radius 1 is 1.53 bits per heavy atom. The van der Waals surface area contributed by atoms with Crippen LogP contribution in [0, 0.1) is 5.92 Å². The van der Waals surface area contributed by atoms with E-state index in [9.17, 15) is 0 Å². The maximum Gasteiger partial charge on any atom is 0.203 e. The third-order valence-corrected chi connectivity index (χ3v) is 3.52. The number of hydrogen-bond donors (Lipinski definition) is 1. The van der Waals surface area contributed by atoms with Gasteiger partial charge >= 0.3 is 0 Å². The van der Waals surface area contributed by atoms with Crippen molar-refractivity contribution in [3.8, 4) is 0 Å². The van der Waals surface area contributed by atoms with Crippen LogP contribution in [0.1, 0.15) is 32.6 Å². The lowest BCUT2D eigenvalue weighted by Gasteiger charge is -2.28. The summed E-state index contributed by atoms with van der Waals surface area (Å²) in [6.07, 6.45) is 9.09. The molecule has 1 aromatic rings. The first-order chi connectivity index (χ1) is 8.29. The van der Waals surface area contributed by atoms with Crippen LogP contribution in [0.3, 0.4) is 0 Å². The molecule has 0 radical (unpaired) electrons. The Morgan fingerprint density at radius 2 is 2.41 bits per heavy atom. The topological polar surface area (TPSA) is 39.1 Å². The summed E-state index contributed by atoms with van der Waals surface area (Å²) in [5.74, 6) is 1.82. The highest BCUT2D eigenvalue weighted by atomic mass is 16.5. The maximum absolute atomic E-state index is 5.10. The molecule has 4 nitrogen and oxygen atoms in total. The molecule has 2 rings (SSSR count). The Bertz CT molecular complexity index is 337. The van der Waals surface area contributed by atoms with Crippen molar-refractivity contribution in [3.63, 3.8) is 0 Å². The molecule has 1 saturated carbocycles. The van der Waals surface area contributed by atoms with Gasteiger partial charge in [-0.3, -0.25) is 0 Å². The van der Waals surface area contributed by atoms with E-state index in [-0.39, 0.29) is 0 Å². The number of rotatable bonds is 5. The first-order valence-electron chi connectivity index (χ1n) is 6.56. The van der Waals surface area contributed by atoms with Crippen molar-refractivity contribution < 1.29 is 4.74 Å². The zero-order valence-corrected chi connectivity index (χ0v) is 10.9. The summed E-state index contributed by atoms with van der Waals surface area (Å²) >= 11 is 0. The summed E-state index contributed by atoms with van der Waals surface area (Å²) in [5.41, 5.74) is 0. The molecule has 4 heteroatoms. The van der Waals surface area contributed by atoms with Crippen molar-refractivity contribution in [2.45, 2.75) is 45.2 Å². The van der Waals surface area contributed by atoms with E-state index in [4.69, 9.17) is 4.74 Å². The zero-order valence-electron chi connectivity index (χ0n) is 10.9. The van der Waals surface area contributed by atoms with Crippen molar-refractivity contribution in [2.75, 3.05) is 19.0 Å². The Kier molecular flexibility index (Phi) is 4.42. The number of imidazole rings is 1. The largest absolute Gasteiger partial charge is 0.383 e. The van der Waals surface area contributed by atoms with Gasteiger partial charge in [0.2, 0.25) is 5.95 Å². The fourth-order valence-corrected chi connectivity index (χ4v) is 2.57. The maximum atomic E-state index is 5.10. The molecule has 1 fully saturated rings. The third kappa shape index (κ3) is 3.46. The fourth-order valence-electron chi connectivity index (χ4n) is 2.57. The van der Waals surface area contributed by atoms with E-state index >= 15 is 0 Å². The molecule has 0 bridgehead atoms. The van der Waals surface area contributed by atoms with Crippen LogP contribution in [0.15, 0.2) is 12.4 Å². The van der Waals surface area contributed by atoms with Gasteiger partial charge in [-0.2, -0.15) is 0 Å². The van der Waals surface area contributed by atoms with Gasteiger partial charge < -0.3 is 14.6 Å². The van der Waals surface area contributed by atoms with E-state index in [0.29, 0.717) is 6.04 Å². The highest BCUT2D eigenvalue weighted by Gasteiger charge is 2.19. The van der Waals surface area contributed by atoms with Crippen LogP contribution >= 0.6 is 0 Å². The molecule has 1 aliphatic carbocycles. The molecule has 2 atom stereocenters. The summed E-state index contributed by atoms with van der Waals surface area (Å²) in [5, 5.41) is 3.57. The molecule has 96 valence electrons. The lowest BCUT2D eigenvalue weighted by atomic mass is 9.87. The average molecular weight is 237 g/mol. The van der Waals surface area contributed by atoms with E-state index in [1.165, 1.54) is 25.7 Å². The molecule has 0 spiro atoms. The molecule has 1 heterocycles. The number of hydrogen-bond acceptors (Lipinski definition) is 3. The van der Waals surface area contributed by atoms with Gasteiger partial charge in [-0.25, -0.2) is 4.98 Å². The van der Waals surface area contributed by atoms with Crippen molar-refractivity contribution in [1.82, 2.24) is 9.55 Å². The van der Waals surface area contributed by atoms with E-state index in [1.54, 1.807) is 7.11 Å². The molecule has 2 unspecified atom stereocenters. The normalized spacial score (nSPS) is 24.8. The lowest BCUT2D eigenvalue weighted by Crippen LogP contribution is -2.27. The number of nitrogens with zero attached hydrogens (tertiary/aromatic N) is 2. The number of aromatic nitrogens is 2. The zero-order chi connectivity index (χ0) is 12.1. The highest BCUT2D eigenvalue weighted by Crippen LogP contribution is 2.25. The first kappa shape index (κ1) is 12.4. The van der Waals surface area contributed by atoms with Crippen LogP contribution in [0.25, 0.3) is 0 Å². The summed E-state index contributed by atoms with van der Waals surface area (Å²) in [6.45, 7) is 3.93. The number of nitrogens with one attached hydrogen (secondary N) is 1. The highest BCUT2D eigenvalue weighted by molar-refractivity contribution is 5.27. The van der Waals surface area contributed by atoms with Gasteiger partial charge in [0.25, 0.3) is 0 Å². The standard InChI is InChI=1S/C13H23N3O/c1-11-4-3-5-12(10-11)15-13-14-6-7-16(13)8-9-17-2/h6-7,11-12H,3-5,8-10H2,1-2H3,(H,14,15). The summed E-state index contributed by atoms with van der Waals surface area (Å²) in [7, 11) is 1.73. The summed E-state index contributed by atoms with van der Waals surface area (Å²) < 4.78 is 7.23. The predicted octanol–water partition coefficient (Wildman–Crippen LogP) is 2.52. The van der Waals surface area contributed by atoms with E-state index in [1.807, 2.05) is 12.4 Å². The van der Waals surface area contributed by atoms with Crippen LogP contribution in [0.5, 0.6) is 0 Å². The summed E-state index contributed by atoms with van der Waals surface area (Å²) in [4.78, 5) is 4.38. The molecule has 0 aliphatic heterocycles. The molecule has 1 N–H and O–H groups in total. The van der Waals surface area contributed by atoms with Crippen LogP contribution in [0.4, 0.5) is 5.95 Å². The number of anilines is 1. The molecule has 1 aromatic heterocycles. The predicted molar refractivity (Wildman–Crippen MR) is 69.1 cm³/mol. The second kappa shape index (κ2) is 6.05. The minimum absolute atomic E-state index is 0.586. The van der Waals surface area contributed by atoms with Gasteiger partial charge in [-0.15, -0.1) is 0 Å². The van der Waals surface area contributed by atoms with Gasteiger partial charge in [-0.05, 0) is 18.8 Å². The van der Waals surface area contributed by atoms with Gasteiger partial charge in [0, 0.05) is 32.1 Å². The first-order valence-corrected chi connectivity index (χ1v) is 6.56. The second-order valence-electron chi connectivity index (χ2n) is 5.05.